The number of carbonyl (C=O) groups excluding carboxylic acids is 1. The van der Waals surface area contributed by atoms with Crippen LogP contribution in [0.3, 0.4) is 0 Å². The molecule has 6 nitrogen and oxygen atoms in total. The van der Waals surface area contributed by atoms with Crippen molar-refractivity contribution >= 4 is 35.0 Å². The van der Waals surface area contributed by atoms with Crippen LogP contribution in [0.1, 0.15) is 44.0 Å². The summed E-state index contributed by atoms with van der Waals surface area (Å²) in [7, 11) is 0. The van der Waals surface area contributed by atoms with Gasteiger partial charge in [0.05, 0.1) is 22.0 Å². The summed E-state index contributed by atoms with van der Waals surface area (Å²) in [5.74, 6) is -0.617. The van der Waals surface area contributed by atoms with Gasteiger partial charge in [-0.2, -0.15) is 13.2 Å². The first-order valence-corrected chi connectivity index (χ1v) is 12.6. The fourth-order valence-corrected chi connectivity index (χ4v) is 4.22. The number of para-hydroxylation sites is 1. The Balaban J connectivity index is 1.67. The van der Waals surface area contributed by atoms with Crippen molar-refractivity contribution in [3.8, 4) is 5.75 Å². The van der Waals surface area contributed by atoms with E-state index in [2.05, 4.69) is 22.4 Å². The Morgan fingerprint density at radius 1 is 1.14 bits per heavy atom. The number of carbonyl (C=O) groups is 1. The smallest absolute Gasteiger partial charge is 0.416 e. The van der Waals surface area contributed by atoms with Crippen molar-refractivity contribution < 1.29 is 27.1 Å². The molecule has 0 fully saturated rings. The highest BCUT2D eigenvalue weighted by Crippen LogP contribution is 2.34. The summed E-state index contributed by atoms with van der Waals surface area (Å²) in [6.07, 6.45) is -0.607. The fraction of sp³-hybridized carbons (Fsp3) is 0.375. The number of hydrogen-bond donors (Lipinski definition) is 1. The number of halogens is 5. The van der Waals surface area contributed by atoms with E-state index in [0.29, 0.717) is 17.5 Å². The maximum absolute atomic E-state index is 13.9. The summed E-state index contributed by atoms with van der Waals surface area (Å²) in [5.41, 5.74) is -1.04. The van der Waals surface area contributed by atoms with Crippen molar-refractivity contribution in [3.63, 3.8) is 0 Å². The number of amides is 1. The number of ether oxygens (including phenoxy) is 1. The predicted octanol–water partition coefficient (Wildman–Crippen LogP) is 6.98. The van der Waals surface area contributed by atoms with Gasteiger partial charge in [0.25, 0.3) is 0 Å². The number of nitrogens with zero attached hydrogens (tertiary/aromatic N) is 3. The van der Waals surface area contributed by atoms with Gasteiger partial charge in [0.2, 0.25) is 5.91 Å². The molecule has 2 aromatic carbocycles. The van der Waals surface area contributed by atoms with Crippen molar-refractivity contribution in [2.24, 2.45) is 0 Å². The van der Waals surface area contributed by atoms with Crippen LogP contribution in [0.25, 0.3) is 0 Å². The Morgan fingerprint density at radius 3 is 2.64 bits per heavy atom. The number of aromatic nitrogens is 3. The first-order valence-electron chi connectivity index (χ1n) is 11.3. The van der Waals surface area contributed by atoms with Crippen molar-refractivity contribution in [1.82, 2.24) is 14.8 Å². The van der Waals surface area contributed by atoms with Gasteiger partial charge in [-0.1, -0.05) is 61.7 Å². The summed E-state index contributed by atoms with van der Waals surface area (Å²) in [6.45, 7) is 2.66. The number of nitrogens with one attached hydrogen (secondary N) is 1. The van der Waals surface area contributed by atoms with E-state index in [1.165, 1.54) is 12.1 Å². The quantitative estimate of drug-likeness (QED) is 0.151. The third kappa shape index (κ3) is 7.86. The largest absolute Gasteiger partial charge is 0.483 e. The average molecular weight is 545 g/mol. The molecule has 0 bridgehead atoms. The number of benzene rings is 2. The lowest BCUT2D eigenvalue weighted by atomic mass is 10.2. The summed E-state index contributed by atoms with van der Waals surface area (Å²) in [6, 6.07) is 8.74. The fourth-order valence-electron chi connectivity index (χ4n) is 3.27. The highest BCUT2D eigenvalue weighted by molar-refractivity contribution is 7.99. The lowest BCUT2D eigenvalue weighted by Crippen LogP contribution is -2.16. The summed E-state index contributed by atoms with van der Waals surface area (Å²) in [4.78, 5) is 12.5. The Kier molecular flexibility index (Phi) is 10.0. The first kappa shape index (κ1) is 27.8. The molecule has 194 valence electrons. The second-order valence-corrected chi connectivity index (χ2v) is 9.21. The Morgan fingerprint density at radius 2 is 1.92 bits per heavy atom. The van der Waals surface area contributed by atoms with Gasteiger partial charge in [0.1, 0.15) is 6.61 Å². The topological polar surface area (TPSA) is 69.0 Å². The van der Waals surface area contributed by atoms with Gasteiger partial charge in [0, 0.05) is 6.54 Å². The standard InChI is InChI=1S/C24H25ClF4N4O2S/c1-2-3-4-7-12-33-21(14-35-20-9-6-5-8-18(20)26)31-32-23(33)36-15-22(34)30-19-13-16(24(27,28)29)10-11-17(19)25/h5-6,8-11,13H,2-4,7,12,14-15H2,1H3,(H,30,34). The van der Waals surface area contributed by atoms with Crippen LogP contribution < -0.4 is 10.1 Å². The molecule has 0 atom stereocenters. The van der Waals surface area contributed by atoms with E-state index in [1.54, 1.807) is 12.1 Å². The van der Waals surface area contributed by atoms with E-state index in [-0.39, 0.29) is 28.8 Å². The van der Waals surface area contributed by atoms with Crippen LogP contribution >= 0.6 is 23.4 Å². The lowest BCUT2D eigenvalue weighted by Gasteiger charge is -2.12. The Bertz CT molecular complexity index is 1170. The third-order valence-corrected chi connectivity index (χ3v) is 6.42. The van der Waals surface area contributed by atoms with Crippen LogP contribution in [0.5, 0.6) is 5.75 Å². The number of rotatable bonds is 12. The third-order valence-electron chi connectivity index (χ3n) is 5.12. The predicted molar refractivity (Wildman–Crippen MR) is 131 cm³/mol. The number of alkyl halides is 3. The van der Waals surface area contributed by atoms with E-state index in [1.807, 2.05) is 4.57 Å². The molecule has 0 saturated carbocycles. The van der Waals surface area contributed by atoms with E-state index in [9.17, 15) is 22.4 Å². The Labute approximate surface area is 215 Å². The molecule has 0 spiro atoms. The van der Waals surface area contributed by atoms with Crippen molar-refractivity contribution in [2.45, 2.75) is 57.1 Å². The molecule has 0 aliphatic rings. The minimum absolute atomic E-state index is 0.00646. The van der Waals surface area contributed by atoms with Crippen molar-refractivity contribution in [3.05, 3.63) is 64.7 Å². The van der Waals surface area contributed by atoms with Gasteiger partial charge < -0.3 is 14.6 Å². The van der Waals surface area contributed by atoms with Crippen molar-refractivity contribution in [1.29, 1.82) is 0 Å². The first-order chi connectivity index (χ1) is 17.2. The van der Waals surface area contributed by atoms with Crippen LogP contribution in [0.4, 0.5) is 23.2 Å². The zero-order chi connectivity index (χ0) is 26.1. The minimum Gasteiger partial charge on any atom is -0.483 e. The van der Waals surface area contributed by atoms with Gasteiger partial charge >= 0.3 is 6.18 Å². The van der Waals surface area contributed by atoms with Crippen LogP contribution in [0.15, 0.2) is 47.6 Å². The van der Waals surface area contributed by atoms with Gasteiger partial charge in [-0.3, -0.25) is 4.79 Å². The molecule has 12 heteroatoms. The molecule has 1 N–H and O–H groups in total. The SMILES string of the molecule is CCCCCCn1c(COc2ccccc2F)nnc1SCC(=O)Nc1cc(C(F)(F)F)ccc1Cl. The molecule has 3 rings (SSSR count). The van der Waals surface area contributed by atoms with Crippen LogP contribution in [0, 0.1) is 5.82 Å². The van der Waals surface area contributed by atoms with Crippen LogP contribution in [-0.2, 0) is 24.1 Å². The maximum Gasteiger partial charge on any atom is 0.416 e. The van der Waals surface area contributed by atoms with Crippen LogP contribution in [0.2, 0.25) is 5.02 Å². The van der Waals surface area contributed by atoms with E-state index in [4.69, 9.17) is 16.3 Å². The zero-order valence-corrected chi connectivity index (χ0v) is 21.0. The minimum atomic E-state index is -4.56. The van der Waals surface area contributed by atoms with Gasteiger partial charge in [0.15, 0.2) is 22.5 Å². The highest BCUT2D eigenvalue weighted by Gasteiger charge is 2.31. The zero-order valence-electron chi connectivity index (χ0n) is 19.4. The molecule has 0 aliphatic carbocycles. The van der Waals surface area contributed by atoms with E-state index >= 15 is 0 Å². The molecule has 1 amide bonds. The summed E-state index contributed by atoms with van der Waals surface area (Å²) >= 11 is 7.04. The molecule has 0 aliphatic heterocycles. The van der Waals surface area contributed by atoms with Crippen LogP contribution in [-0.4, -0.2) is 26.4 Å². The average Bonchev–Trinajstić information content (AvgIpc) is 3.22. The normalized spacial score (nSPS) is 11.5. The second kappa shape index (κ2) is 13.0. The van der Waals surface area contributed by atoms with Gasteiger partial charge in [-0.25, -0.2) is 4.39 Å². The van der Waals surface area contributed by atoms with Gasteiger partial charge in [-0.05, 0) is 36.8 Å². The molecule has 0 radical (unpaired) electrons. The van der Waals surface area contributed by atoms with E-state index < -0.39 is 23.5 Å². The number of unbranched alkanes of at least 4 members (excludes halogenated alkanes) is 3. The van der Waals surface area contributed by atoms with Gasteiger partial charge in [-0.15, -0.1) is 10.2 Å². The molecule has 1 heterocycles. The number of thioether (sulfide) groups is 1. The molecule has 0 saturated heterocycles. The summed E-state index contributed by atoms with van der Waals surface area (Å²) < 4.78 is 60.2. The molecular formula is C24H25ClF4N4O2S. The molecule has 0 unspecified atom stereocenters. The number of anilines is 1. The monoisotopic (exact) mass is 544 g/mol. The molecule has 36 heavy (non-hydrogen) atoms. The maximum atomic E-state index is 13.9. The molecular weight excluding hydrogens is 520 g/mol. The summed E-state index contributed by atoms with van der Waals surface area (Å²) in [5, 5.41) is 11.1. The Hall–Kier alpha value is -2.79. The van der Waals surface area contributed by atoms with E-state index in [0.717, 1.165) is 55.6 Å². The lowest BCUT2D eigenvalue weighted by molar-refractivity contribution is -0.137. The molecule has 1 aromatic heterocycles. The highest BCUT2D eigenvalue weighted by atomic mass is 35.5. The number of hydrogen-bond acceptors (Lipinski definition) is 5. The van der Waals surface area contributed by atoms with Crippen molar-refractivity contribution in [2.75, 3.05) is 11.1 Å². The second-order valence-electron chi connectivity index (χ2n) is 7.86. The molecule has 3 aromatic rings.